The van der Waals surface area contributed by atoms with Crippen LogP contribution in [0.2, 0.25) is 0 Å². The molecule has 0 saturated carbocycles. The highest BCUT2D eigenvalue weighted by Crippen LogP contribution is 2.16. The first-order valence-corrected chi connectivity index (χ1v) is 7.81. The molecule has 0 bridgehead atoms. The van der Waals surface area contributed by atoms with Gasteiger partial charge in [-0.15, -0.1) is 0 Å². The SMILES string of the molecule is CC(NC1CN(C(=O)OCc2ccccc2)C1)c1cn(C)cn1. The van der Waals surface area contributed by atoms with E-state index in [9.17, 15) is 4.79 Å². The van der Waals surface area contributed by atoms with Gasteiger partial charge in [-0.1, -0.05) is 30.3 Å². The number of amides is 1. The minimum absolute atomic E-state index is 0.170. The van der Waals surface area contributed by atoms with E-state index in [1.54, 1.807) is 11.2 Å². The van der Waals surface area contributed by atoms with Crippen LogP contribution in [0.4, 0.5) is 4.79 Å². The molecule has 6 heteroatoms. The lowest BCUT2D eigenvalue weighted by molar-refractivity contribution is 0.0580. The van der Waals surface area contributed by atoms with E-state index >= 15 is 0 Å². The maximum atomic E-state index is 12.0. The van der Waals surface area contributed by atoms with Gasteiger partial charge in [0.1, 0.15) is 6.61 Å². The summed E-state index contributed by atoms with van der Waals surface area (Å²) >= 11 is 0. The van der Waals surface area contributed by atoms with Crippen LogP contribution in [0.25, 0.3) is 0 Å². The normalized spacial score (nSPS) is 16.0. The summed E-state index contributed by atoms with van der Waals surface area (Å²) in [5.74, 6) is 0. The van der Waals surface area contributed by atoms with Gasteiger partial charge in [-0.25, -0.2) is 9.78 Å². The Hall–Kier alpha value is -2.34. The molecule has 1 N–H and O–H groups in total. The number of aryl methyl sites for hydroxylation is 1. The van der Waals surface area contributed by atoms with Gasteiger partial charge in [-0.05, 0) is 12.5 Å². The summed E-state index contributed by atoms with van der Waals surface area (Å²) in [4.78, 5) is 18.0. The van der Waals surface area contributed by atoms with Gasteiger partial charge < -0.3 is 19.5 Å². The summed E-state index contributed by atoms with van der Waals surface area (Å²) in [5.41, 5.74) is 2.01. The second kappa shape index (κ2) is 6.83. The van der Waals surface area contributed by atoms with E-state index in [-0.39, 0.29) is 18.2 Å². The van der Waals surface area contributed by atoms with E-state index in [4.69, 9.17) is 4.74 Å². The second-order valence-electron chi connectivity index (χ2n) is 5.99. The lowest BCUT2D eigenvalue weighted by Crippen LogP contribution is -2.60. The van der Waals surface area contributed by atoms with E-state index in [0.29, 0.717) is 19.7 Å². The summed E-state index contributed by atoms with van der Waals surface area (Å²) in [5, 5.41) is 3.48. The van der Waals surface area contributed by atoms with Crippen molar-refractivity contribution in [3.8, 4) is 0 Å². The third-order valence-electron chi connectivity index (χ3n) is 4.00. The monoisotopic (exact) mass is 314 g/mol. The molecule has 23 heavy (non-hydrogen) atoms. The third kappa shape index (κ3) is 3.90. The van der Waals surface area contributed by atoms with Crippen molar-refractivity contribution in [2.24, 2.45) is 7.05 Å². The van der Waals surface area contributed by atoms with Gasteiger partial charge in [0, 0.05) is 38.4 Å². The number of aromatic nitrogens is 2. The lowest BCUT2D eigenvalue weighted by Gasteiger charge is -2.40. The van der Waals surface area contributed by atoms with Crippen LogP contribution in [0.1, 0.15) is 24.2 Å². The molecule has 1 aromatic carbocycles. The van der Waals surface area contributed by atoms with Crippen molar-refractivity contribution in [1.82, 2.24) is 19.8 Å². The van der Waals surface area contributed by atoms with Crippen LogP contribution in [0.15, 0.2) is 42.9 Å². The highest BCUT2D eigenvalue weighted by Gasteiger charge is 2.32. The van der Waals surface area contributed by atoms with Gasteiger partial charge in [0.05, 0.1) is 12.0 Å². The Balaban J connectivity index is 1.39. The van der Waals surface area contributed by atoms with E-state index in [0.717, 1.165) is 11.3 Å². The first-order valence-electron chi connectivity index (χ1n) is 7.81. The van der Waals surface area contributed by atoms with Gasteiger partial charge >= 0.3 is 6.09 Å². The highest BCUT2D eigenvalue weighted by atomic mass is 16.6. The van der Waals surface area contributed by atoms with Crippen LogP contribution in [0.5, 0.6) is 0 Å². The maximum Gasteiger partial charge on any atom is 0.410 e. The average Bonchev–Trinajstić information content (AvgIpc) is 2.95. The maximum absolute atomic E-state index is 12.0. The number of rotatable bonds is 5. The number of benzene rings is 1. The van der Waals surface area contributed by atoms with Gasteiger partial charge in [-0.3, -0.25) is 0 Å². The molecular formula is C17H22N4O2. The summed E-state index contributed by atoms with van der Waals surface area (Å²) in [6.45, 7) is 3.74. The number of hydrogen-bond donors (Lipinski definition) is 1. The summed E-state index contributed by atoms with van der Waals surface area (Å²) in [7, 11) is 1.96. The Labute approximate surface area is 136 Å². The highest BCUT2D eigenvalue weighted by molar-refractivity contribution is 5.68. The smallest absolute Gasteiger partial charge is 0.410 e. The largest absolute Gasteiger partial charge is 0.445 e. The summed E-state index contributed by atoms with van der Waals surface area (Å²) < 4.78 is 7.25. The summed E-state index contributed by atoms with van der Waals surface area (Å²) in [6.07, 6.45) is 3.54. The second-order valence-corrected chi connectivity index (χ2v) is 5.99. The molecule has 1 amide bonds. The fourth-order valence-corrected chi connectivity index (χ4v) is 2.64. The minimum atomic E-state index is -0.252. The first kappa shape index (κ1) is 15.6. The topological polar surface area (TPSA) is 59.4 Å². The molecule has 0 radical (unpaired) electrons. The Morgan fingerprint density at radius 2 is 2.13 bits per heavy atom. The Morgan fingerprint density at radius 1 is 1.39 bits per heavy atom. The molecule has 2 aromatic rings. The van der Waals surface area contributed by atoms with Crippen molar-refractivity contribution in [3.63, 3.8) is 0 Å². The third-order valence-corrected chi connectivity index (χ3v) is 4.00. The number of carbonyl (C=O) groups is 1. The van der Waals surface area contributed by atoms with E-state index in [1.165, 1.54) is 0 Å². The minimum Gasteiger partial charge on any atom is -0.445 e. The Bertz CT molecular complexity index is 650. The van der Waals surface area contributed by atoms with Crippen LogP contribution in [0, 0.1) is 0 Å². The molecule has 1 fully saturated rings. The van der Waals surface area contributed by atoms with Gasteiger partial charge in [0.15, 0.2) is 0 Å². The molecule has 3 rings (SSSR count). The molecule has 1 aliphatic heterocycles. The number of carbonyl (C=O) groups excluding carboxylic acids is 1. The zero-order valence-corrected chi connectivity index (χ0v) is 13.5. The molecule has 1 saturated heterocycles. The van der Waals surface area contributed by atoms with Crippen molar-refractivity contribution in [1.29, 1.82) is 0 Å². The van der Waals surface area contributed by atoms with Crippen molar-refractivity contribution in [2.75, 3.05) is 13.1 Å². The van der Waals surface area contributed by atoms with Crippen molar-refractivity contribution in [3.05, 3.63) is 54.1 Å². The van der Waals surface area contributed by atoms with Crippen LogP contribution in [-0.2, 0) is 18.4 Å². The standard InChI is InChI=1S/C17H22N4O2/c1-13(16-10-20(2)12-18-16)19-15-8-21(9-15)17(22)23-11-14-6-4-3-5-7-14/h3-7,10,12-13,15,19H,8-9,11H2,1-2H3. The van der Waals surface area contributed by atoms with Gasteiger partial charge in [-0.2, -0.15) is 0 Å². The predicted molar refractivity (Wildman–Crippen MR) is 86.7 cm³/mol. The zero-order valence-electron chi connectivity index (χ0n) is 13.5. The Kier molecular flexibility index (Phi) is 4.62. The number of ether oxygens (including phenoxy) is 1. The number of nitrogens with zero attached hydrogens (tertiary/aromatic N) is 3. The molecule has 0 spiro atoms. The molecule has 6 nitrogen and oxygen atoms in total. The molecule has 1 aliphatic rings. The fraction of sp³-hybridized carbons (Fsp3) is 0.412. The van der Waals surface area contributed by atoms with Crippen LogP contribution in [-0.4, -0.2) is 39.7 Å². The molecule has 1 atom stereocenters. The van der Waals surface area contributed by atoms with Crippen LogP contribution in [0.3, 0.4) is 0 Å². The lowest BCUT2D eigenvalue weighted by atomic mass is 10.1. The van der Waals surface area contributed by atoms with Gasteiger partial charge in [0.2, 0.25) is 0 Å². The summed E-state index contributed by atoms with van der Waals surface area (Å²) in [6, 6.07) is 10.2. The number of likely N-dealkylation sites (tertiary alicyclic amines) is 1. The Morgan fingerprint density at radius 3 is 2.78 bits per heavy atom. The number of hydrogen-bond acceptors (Lipinski definition) is 4. The van der Waals surface area contributed by atoms with Crippen LogP contribution >= 0.6 is 0 Å². The van der Waals surface area contributed by atoms with Crippen LogP contribution < -0.4 is 5.32 Å². The van der Waals surface area contributed by atoms with Gasteiger partial charge in [0.25, 0.3) is 0 Å². The molecule has 0 aliphatic carbocycles. The average molecular weight is 314 g/mol. The first-order chi connectivity index (χ1) is 11.1. The fourth-order valence-electron chi connectivity index (χ4n) is 2.64. The molecular weight excluding hydrogens is 292 g/mol. The quantitative estimate of drug-likeness (QED) is 0.918. The molecule has 1 aromatic heterocycles. The van der Waals surface area contributed by atoms with Crippen molar-refractivity contribution < 1.29 is 9.53 Å². The number of nitrogens with one attached hydrogen (secondary N) is 1. The van der Waals surface area contributed by atoms with Crippen molar-refractivity contribution in [2.45, 2.75) is 25.6 Å². The predicted octanol–water partition coefficient (Wildman–Crippen LogP) is 2.09. The molecule has 2 heterocycles. The van der Waals surface area contributed by atoms with Crippen molar-refractivity contribution >= 4 is 6.09 Å². The molecule has 122 valence electrons. The van der Waals surface area contributed by atoms with E-state index in [1.807, 2.05) is 48.1 Å². The zero-order chi connectivity index (χ0) is 16.2. The number of imidazole rings is 1. The van der Waals surface area contributed by atoms with E-state index < -0.39 is 0 Å². The molecule has 1 unspecified atom stereocenters. The van der Waals surface area contributed by atoms with E-state index in [2.05, 4.69) is 17.2 Å².